The van der Waals surface area contributed by atoms with Crippen LogP contribution in [0, 0.1) is 0 Å². The lowest BCUT2D eigenvalue weighted by atomic mass is 10.2. The molecule has 0 aliphatic carbocycles. The standard InChI is InChI=1S/C19H38Si4/c1-9-18-10-12-19(13-11-18)23(16-21(4)5,15-14-20(2)3)17-22(6,7)8/h9-13,20-21H,1,14-17H2,2-8H3. The van der Waals surface area contributed by atoms with Crippen LogP contribution >= 0.6 is 0 Å². The highest BCUT2D eigenvalue weighted by atomic mass is 28.4. The molecule has 0 radical (unpaired) electrons. The van der Waals surface area contributed by atoms with Crippen LogP contribution in [0.2, 0.25) is 69.3 Å². The van der Waals surface area contributed by atoms with Gasteiger partial charge in [-0.05, 0) is 5.56 Å². The number of hydrogen-bond acceptors (Lipinski definition) is 0. The molecule has 23 heavy (non-hydrogen) atoms. The molecule has 1 rings (SSSR count). The largest absolute Gasteiger partial charge is 0.0985 e. The van der Waals surface area contributed by atoms with Gasteiger partial charge in [-0.15, -0.1) is 0 Å². The van der Waals surface area contributed by atoms with Gasteiger partial charge in [-0.3, -0.25) is 0 Å². The molecule has 0 fully saturated rings. The molecular weight excluding hydrogens is 341 g/mol. The molecule has 1 aromatic carbocycles. The summed E-state index contributed by atoms with van der Waals surface area (Å²) in [5, 5.41) is 1.75. The third-order valence-electron chi connectivity index (χ3n) is 4.63. The fraction of sp³-hybridized carbons (Fsp3) is 0.579. The van der Waals surface area contributed by atoms with Gasteiger partial charge >= 0.3 is 0 Å². The van der Waals surface area contributed by atoms with Crippen LogP contribution in [0.25, 0.3) is 6.08 Å². The third-order valence-corrected chi connectivity index (χ3v) is 22.8. The Morgan fingerprint density at radius 2 is 1.52 bits per heavy atom. The van der Waals surface area contributed by atoms with E-state index in [1.54, 1.807) is 28.6 Å². The summed E-state index contributed by atoms with van der Waals surface area (Å²) in [7, 11) is -3.43. The van der Waals surface area contributed by atoms with Crippen molar-refractivity contribution in [1.82, 2.24) is 0 Å². The van der Waals surface area contributed by atoms with E-state index >= 15 is 0 Å². The van der Waals surface area contributed by atoms with Crippen molar-refractivity contribution < 1.29 is 0 Å². The third kappa shape index (κ3) is 7.07. The molecule has 1 unspecified atom stereocenters. The first kappa shape index (κ1) is 20.9. The van der Waals surface area contributed by atoms with E-state index in [2.05, 4.69) is 76.7 Å². The second kappa shape index (κ2) is 8.79. The first-order valence-electron chi connectivity index (χ1n) is 9.31. The van der Waals surface area contributed by atoms with Crippen LogP contribution in [0.15, 0.2) is 30.8 Å². The molecule has 0 aromatic heterocycles. The Bertz CT molecular complexity index is 485. The van der Waals surface area contributed by atoms with E-state index in [9.17, 15) is 0 Å². The summed E-state index contributed by atoms with van der Waals surface area (Å²) in [5.41, 5.74) is 4.45. The normalized spacial score (nSPS) is 15.0. The zero-order chi connectivity index (χ0) is 17.7. The zero-order valence-electron chi connectivity index (χ0n) is 16.6. The van der Waals surface area contributed by atoms with E-state index < -0.39 is 33.7 Å². The van der Waals surface area contributed by atoms with Gasteiger partial charge in [-0.25, -0.2) is 0 Å². The summed E-state index contributed by atoms with van der Waals surface area (Å²) in [4.78, 5) is 0. The second-order valence-corrected chi connectivity index (χ2v) is 27.3. The average molecular weight is 379 g/mol. The lowest BCUT2D eigenvalue weighted by molar-refractivity contribution is 1.28. The summed E-state index contributed by atoms with van der Waals surface area (Å²) in [6, 6.07) is 12.7. The lowest BCUT2D eigenvalue weighted by Gasteiger charge is -2.39. The predicted octanol–water partition coefficient (Wildman–Crippen LogP) is 5.38. The molecule has 0 nitrogen and oxygen atoms in total. The van der Waals surface area contributed by atoms with Crippen molar-refractivity contribution in [2.45, 2.75) is 69.3 Å². The van der Waals surface area contributed by atoms with E-state index in [-0.39, 0.29) is 0 Å². The maximum atomic E-state index is 3.92. The SMILES string of the molecule is C=Cc1ccc([Si](CC[SiH](C)C)(C[SiH](C)C)C[Si](C)(C)C)cc1. The van der Waals surface area contributed by atoms with Gasteiger partial charge in [-0.2, -0.15) is 0 Å². The Hall–Kier alpha value is -0.172. The molecule has 0 saturated carbocycles. The van der Waals surface area contributed by atoms with Crippen LogP contribution in [0.3, 0.4) is 0 Å². The van der Waals surface area contributed by atoms with Crippen LogP contribution in [-0.4, -0.2) is 33.7 Å². The fourth-order valence-corrected chi connectivity index (χ4v) is 29.2. The van der Waals surface area contributed by atoms with Crippen LogP contribution in [-0.2, 0) is 0 Å². The van der Waals surface area contributed by atoms with Crippen molar-refractivity contribution in [3.05, 3.63) is 36.4 Å². The summed E-state index contributed by atoms with van der Waals surface area (Å²) >= 11 is 0. The maximum Gasteiger partial charge on any atom is 0.0810 e. The molecule has 130 valence electrons. The predicted molar refractivity (Wildman–Crippen MR) is 122 cm³/mol. The highest BCUT2D eigenvalue weighted by Crippen LogP contribution is 2.30. The molecule has 0 bridgehead atoms. The van der Waals surface area contributed by atoms with Crippen LogP contribution in [0.4, 0.5) is 0 Å². The molecule has 1 aromatic rings. The first-order chi connectivity index (χ1) is 10.6. The molecule has 0 aliphatic heterocycles. The van der Waals surface area contributed by atoms with Crippen molar-refractivity contribution >= 4 is 45.0 Å². The highest BCUT2D eigenvalue weighted by Gasteiger charge is 2.39. The topological polar surface area (TPSA) is 0 Å². The monoisotopic (exact) mass is 378 g/mol. The smallest absolute Gasteiger partial charge is 0.0810 e. The van der Waals surface area contributed by atoms with Crippen LogP contribution < -0.4 is 5.19 Å². The molecule has 1 atom stereocenters. The van der Waals surface area contributed by atoms with Crippen LogP contribution in [0.5, 0.6) is 0 Å². The minimum Gasteiger partial charge on any atom is -0.0985 e. The van der Waals surface area contributed by atoms with Gasteiger partial charge in [0.1, 0.15) is 0 Å². The molecule has 4 heteroatoms. The Labute approximate surface area is 150 Å². The molecule has 0 spiro atoms. The van der Waals surface area contributed by atoms with Gasteiger partial charge in [-0.1, -0.05) is 111 Å². The van der Waals surface area contributed by atoms with Crippen molar-refractivity contribution in [3.8, 4) is 0 Å². The van der Waals surface area contributed by atoms with Crippen LogP contribution in [0.1, 0.15) is 5.56 Å². The summed E-state index contributed by atoms with van der Waals surface area (Å²) in [6.07, 6.45) is 1.98. The first-order valence-corrected chi connectivity index (χ1v) is 21.9. The van der Waals surface area contributed by atoms with Crippen molar-refractivity contribution in [2.24, 2.45) is 0 Å². The minimum absolute atomic E-state index is 0.474. The molecule has 0 saturated heterocycles. The molecule has 0 heterocycles. The Morgan fingerprint density at radius 1 is 0.957 bits per heavy atom. The van der Waals surface area contributed by atoms with E-state index in [1.807, 2.05) is 6.08 Å². The molecule has 0 aliphatic rings. The van der Waals surface area contributed by atoms with Crippen molar-refractivity contribution in [3.63, 3.8) is 0 Å². The van der Waals surface area contributed by atoms with E-state index in [0.29, 0.717) is 0 Å². The second-order valence-electron chi connectivity index (χ2n) is 9.37. The Morgan fingerprint density at radius 3 is 1.91 bits per heavy atom. The van der Waals surface area contributed by atoms with Gasteiger partial charge in [0.2, 0.25) is 0 Å². The molecule has 0 N–H and O–H groups in total. The van der Waals surface area contributed by atoms with E-state index in [1.165, 1.54) is 5.56 Å². The summed E-state index contributed by atoms with van der Waals surface area (Å²) < 4.78 is 0. The minimum atomic E-state index is -1.34. The molecular formula is C19H38Si4. The van der Waals surface area contributed by atoms with Gasteiger partial charge in [0.25, 0.3) is 0 Å². The average Bonchev–Trinajstić information content (AvgIpc) is 2.42. The summed E-state index contributed by atoms with van der Waals surface area (Å²) in [5.74, 6) is 0. The van der Waals surface area contributed by atoms with Crippen molar-refractivity contribution in [2.75, 3.05) is 0 Å². The van der Waals surface area contributed by atoms with Gasteiger partial charge in [0.05, 0.1) is 8.07 Å². The van der Waals surface area contributed by atoms with Gasteiger partial charge < -0.3 is 0 Å². The van der Waals surface area contributed by atoms with Gasteiger partial charge in [0.15, 0.2) is 0 Å². The molecule has 0 amide bonds. The van der Waals surface area contributed by atoms with E-state index in [4.69, 9.17) is 0 Å². The number of rotatable bonds is 9. The number of benzene rings is 1. The number of hydrogen-bond donors (Lipinski definition) is 0. The van der Waals surface area contributed by atoms with Gasteiger partial charge in [0, 0.05) is 25.7 Å². The summed E-state index contributed by atoms with van der Waals surface area (Å²) in [6.45, 7) is 21.9. The van der Waals surface area contributed by atoms with E-state index in [0.717, 1.165) is 0 Å². The quantitative estimate of drug-likeness (QED) is 0.506. The fourth-order valence-electron chi connectivity index (χ4n) is 3.96. The maximum absolute atomic E-state index is 3.92. The van der Waals surface area contributed by atoms with Crippen molar-refractivity contribution in [1.29, 1.82) is 0 Å². The Kier molecular flexibility index (Phi) is 7.97. The zero-order valence-corrected chi connectivity index (χ0v) is 20.9. The highest BCUT2D eigenvalue weighted by molar-refractivity contribution is 7.06. The Balaban J connectivity index is 3.29. The lowest BCUT2D eigenvalue weighted by Crippen LogP contribution is -2.54.